The predicted molar refractivity (Wildman–Crippen MR) is 88.1 cm³/mol. The molecule has 0 spiro atoms. The van der Waals surface area contributed by atoms with Crippen molar-refractivity contribution >= 4 is 23.2 Å². The molecular formula is C15H23N5OS. The number of aliphatic imine (C=N–C) groups is 1. The van der Waals surface area contributed by atoms with E-state index in [4.69, 9.17) is 0 Å². The molecule has 0 unspecified atom stereocenters. The highest BCUT2D eigenvalue weighted by atomic mass is 32.1. The Morgan fingerprint density at radius 2 is 2.18 bits per heavy atom. The van der Waals surface area contributed by atoms with E-state index in [1.165, 1.54) is 17.7 Å². The van der Waals surface area contributed by atoms with Crippen molar-refractivity contribution in [2.75, 3.05) is 26.7 Å². The highest BCUT2D eigenvalue weighted by Crippen LogP contribution is 2.28. The summed E-state index contributed by atoms with van der Waals surface area (Å²) in [5, 5.41) is 4.38. The van der Waals surface area contributed by atoms with Gasteiger partial charge in [-0.15, -0.1) is 11.3 Å². The summed E-state index contributed by atoms with van der Waals surface area (Å²) in [6.45, 7) is 6.84. The first-order valence-electron chi connectivity index (χ1n) is 7.76. The van der Waals surface area contributed by atoms with Gasteiger partial charge in [-0.3, -0.25) is 9.79 Å². The highest BCUT2D eigenvalue weighted by molar-refractivity contribution is 7.11. The second kappa shape index (κ2) is 6.24. The largest absolute Gasteiger partial charge is 0.350 e. The molecule has 120 valence electrons. The van der Waals surface area contributed by atoms with Crippen LogP contribution in [0.1, 0.15) is 28.4 Å². The molecule has 2 heterocycles. The molecule has 1 saturated heterocycles. The molecule has 1 aliphatic heterocycles. The first-order chi connectivity index (χ1) is 10.6. The summed E-state index contributed by atoms with van der Waals surface area (Å²) in [6.07, 6.45) is 2.34. The first-order valence-corrected chi connectivity index (χ1v) is 8.58. The van der Waals surface area contributed by atoms with Gasteiger partial charge in [0.1, 0.15) is 5.01 Å². The fourth-order valence-corrected chi connectivity index (χ4v) is 3.61. The number of carbonyl (C=O) groups is 1. The first kappa shape index (κ1) is 15.3. The topological polar surface area (TPSA) is 60.8 Å². The molecule has 1 aromatic heterocycles. The van der Waals surface area contributed by atoms with Gasteiger partial charge in [0.05, 0.1) is 18.8 Å². The third-order valence-corrected chi connectivity index (χ3v) is 5.30. The Hall–Kier alpha value is -1.63. The standard InChI is InChI=1S/C15H23N5OS/c1-10-11(2)22-13(18-10)8-17-15(16-3)19-6-7-20(12-4-5-12)14(21)9-19/h12H,4-9H2,1-3H3,(H,16,17). The number of carbonyl (C=O) groups excluding carboxylic acids is 1. The van der Waals surface area contributed by atoms with Gasteiger partial charge in [-0.2, -0.15) is 0 Å². The number of aryl methyl sites for hydroxylation is 2. The van der Waals surface area contributed by atoms with E-state index in [-0.39, 0.29) is 5.91 Å². The quantitative estimate of drug-likeness (QED) is 0.670. The van der Waals surface area contributed by atoms with Crippen LogP contribution in [0.2, 0.25) is 0 Å². The fourth-order valence-electron chi connectivity index (χ4n) is 2.74. The molecule has 0 aromatic carbocycles. The fraction of sp³-hybridized carbons (Fsp3) is 0.667. The summed E-state index contributed by atoms with van der Waals surface area (Å²) in [7, 11) is 1.76. The van der Waals surface area contributed by atoms with Gasteiger partial charge in [-0.05, 0) is 26.7 Å². The summed E-state index contributed by atoms with van der Waals surface area (Å²) in [4.78, 5) is 26.4. The zero-order valence-corrected chi connectivity index (χ0v) is 14.2. The average molecular weight is 321 g/mol. The highest BCUT2D eigenvalue weighted by Gasteiger charge is 2.36. The van der Waals surface area contributed by atoms with Crippen LogP contribution in [0.15, 0.2) is 4.99 Å². The lowest BCUT2D eigenvalue weighted by molar-refractivity contribution is -0.135. The van der Waals surface area contributed by atoms with Gasteiger partial charge in [0, 0.05) is 31.1 Å². The number of hydrogen-bond acceptors (Lipinski definition) is 4. The van der Waals surface area contributed by atoms with Crippen molar-refractivity contribution in [3.8, 4) is 0 Å². The van der Waals surface area contributed by atoms with Gasteiger partial charge in [0.15, 0.2) is 5.96 Å². The molecule has 0 bridgehead atoms. The number of amides is 1. The van der Waals surface area contributed by atoms with Crippen LogP contribution < -0.4 is 5.32 Å². The molecule has 7 heteroatoms. The molecule has 1 saturated carbocycles. The molecular weight excluding hydrogens is 298 g/mol. The van der Waals surface area contributed by atoms with E-state index < -0.39 is 0 Å². The van der Waals surface area contributed by atoms with E-state index >= 15 is 0 Å². The van der Waals surface area contributed by atoms with Crippen molar-refractivity contribution in [3.05, 3.63) is 15.6 Å². The molecule has 1 N–H and O–H groups in total. The van der Waals surface area contributed by atoms with Gasteiger partial charge in [-0.1, -0.05) is 0 Å². The van der Waals surface area contributed by atoms with Crippen LogP contribution in [-0.4, -0.2) is 59.4 Å². The lowest BCUT2D eigenvalue weighted by atomic mass is 10.3. The Kier molecular flexibility index (Phi) is 4.33. The second-order valence-corrected chi connectivity index (χ2v) is 7.18. The van der Waals surface area contributed by atoms with Gasteiger partial charge in [-0.25, -0.2) is 4.98 Å². The van der Waals surface area contributed by atoms with Crippen molar-refractivity contribution in [1.82, 2.24) is 20.1 Å². The minimum atomic E-state index is 0.220. The molecule has 2 aliphatic rings. The van der Waals surface area contributed by atoms with Crippen molar-refractivity contribution in [3.63, 3.8) is 0 Å². The van der Waals surface area contributed by atoms with Gasteiger partial charge >= 0.3 is 0 Å². The summed E-state index contributed by atoms with van der Waals surface area (Å²) < 4.78 is 0. The van der Waals surface area contributed by atoms with Crippen LogP contribution in [0.4, 0.5) is 0 Å². The van der Waals surface area contributed by atoms with E-state index in [0.29, 0.717) is 19.1 Å². The maximum atomic E-state index is 12.2. The molecule has 0 radical (unpaired) electrons. The zero-order chi connectivity index (χ0) is 15.7. The number of hydrogen-bond donors (Lipinski definition) is 1. The van der Waals surface area contributed by atoms with Crippen molar-refractivity contribution in [1.29, 1.82) is 0 Å². The number of nitrogens with one attached hydrogen (secondary N) is 1. The monoisotopic (exact) mass is 321 g/mol. The van der Waals surface area contributed by atoms with Crippen LogP contribution in [-0.2, 0) is 11.3 Å². The Morgan fingerprint density at radius 3 is 2.73 bits per heavy atom. The molecule has 2 fully saturated rings. The number of piperazine rings is 1. The minimum Gasteiger partial charge on any atom is -0.350 e. The average Bonchev–Trinajstić information content (AvgIpc) is 3.27. The Bertz CT molecular complexity index is 573. The Labute approximate surface area is 135 Å². The summed E-state index contributed by atoms with van der Waals surface area (Å²) >= 11 is 1.70. The predicted octanol–water partition coefficient (Wildman–Crippen LogP) is 1.14. The molecule has 22 heavy (non-hydrogen) atoms. The van der Waals surface area contributed by atoms with Crippen molar-refractivity contribution in [2.24, 2.45) is 4.99 Å². The molecule has 6 nitrogen and oxygen atoms in total. The van der Waals surface area contributed by atoms with E-state index in [1.54, 1.807) is 18.4 Å². The third kappa shape index (κ3) is 3.24. The number of guanidine groups is 1. The molecule has 3 rings (SSSR count). The second-order valence-electron chi connectivity index (χ2n) is 5.89. The van der Waals surface area contributed by atoms with Crippen molar-refractivity contribution in [2.45, 2.75) is 39.3 Å². The number of thiazole rings is 1. The lowest BCUT2D eigenvalue weighted by Crippen LogP contribution is -2.55. The maximum absolute atomic E-state index is 12.2. The zero-order valence-electron chi connectivity index (χ0n) is 13.4. The van der Waals surface area contributed by atoms with Crippen molar-refractivity contribution < 1.29 is 4.79 Å². The summed E-state index contributed by atoms with van der Waals surface area (Å²) in [5.74, 6) is 1.01. The van der Waals surface area contributed by atoms with E-state index in [1.807, 2.05) is 16.7 Å². The normalized spacial score (nSPS) is 19.8. The SMILES string of the molecule is CN=C(NCc1nc(C)c(C)s1)N1CCN(C2CC2)C(=O)C1. The van der Waals surface area contributed by atoms with Crippen LogP contribution in [0.5, 0.6) is 0 Å². The van der Waals surface area contributed by atoms with Gasteiger partial charge in [0.2, 0.25) is 5.91 Å². The van der Waals surface area contributed by atoms with E-state index in [0.717, 1.165) is 29.8 Å². The summed E-state index contributed by atoms with van der Waals surface area (Å²) in [6, 6.07) is 0.505. The molecule has 0 atom stereocenters. The van der Waals surface area contributed by atoms with Gasteiger partial charge in [0.25, 0.3) is 0 Å². The molecule has 1 amide bonds. The van der Waals surface area contributed by atoms with Crippen LogP contribution >= 0.6 is 11.3 Å². The van der Waals surface area contributed by atoms with Crippen LogP contribution in [0.25, 0.3) is 0 Å². The Morgan fingerprint density at radius 1 is 1.41 bits per heavy atom. The Balaban J connectivity index is 1.56. The third-order valence-electron chi connectivity index (χ3n) is 4.23. The molecule has 1 aromatic rings. The van der Waals surface area contributed by atoms with E-state index in [2.05, 4.69) is 22.2 Å². The minimum absolute atomic E-state index is 0.220. The number of nitrogens with zero attached hydrogens (tertiary/aromatic N) is 4. The lowest BCUT2D eigenvalue weighted by Gasteiger charge is -2.36. The van der Waals surface area contributed by atoms with Crippen LogP contribution in [0, 0.1) is 13.8 Å². The smallest absolute Gasteiger partial charge is 0.242 e. The van der Waals surface area contributed by atoms with Gasteiger partial charge < -0.3 is 15.1 Å². The molecule has 1 aliphatic carbocycles. The van der Waals surface area contributed by atoms with Crippen LogP contribution in [0.3, 0.4) is 0 Å². The summed E-state index contributed by atoms with van der Waals surface area (Å²) in [5.41, 5.74) is 1.09. The number of rotatable bonds is 3. The maximum Gasteiger partial charge on any atom is 0.242 e. The number of aromatic nitrogens is 1. The van der Waals surface area contributed by atoms with E-state index in [9.17, 15) is 4.79 Å².